The molecule has 0 aliphatic rings. The zero-order chi connectivity index (χ0) is 22.7. The Morgan fingerprint density at radius 1 is 1.00 bits per heavy atom. The van der Waals surface area contributed by atoms with Crippen molar-refractivity contribution < 1.29 is 54.6 Å². The van der Waals surface area contributed by atoms with Gasteiger partial charge in [-0.1, -0.05) is 0 Å². The van der Waals surface area contributed by atoms with E-state index in [1.807, 2.05) is 0 Å². The average molecular weight is 586 g/mol. The molecule has 7 nitrogen and oxygen atoms in total. The Morgan fingerprint density at radius 2 is 1.52 bits per heavy atom. The van der Waals surface area contributed by atoms with E-state index < -0.39 is 63.9 Å². The van der Waals surface area contributed by atoms with Crippen molar-refractivity contribution >= 4 is 40.5 Å². The summed E-state index contributed by atoms with van der Waals surface area (Å²) in [4.78, 5) is 0. The van der Waals surface area contributed by atoms with Gasteiger partial charge >= 0.3 is 170 Å². The first-order valence-electron chi connectivity index (χ1n) is 6.97. The number of methoxy groups -OCH3 is 1. The minimum absolute atomic E-state index is 0.0499. The van der Waals surface area contributed by atoms with E-state index in [0.717, 1.165) is 7.11 Å². The van der Waals surface area contributed by atoms with Crippen molar-refractivity contribution in [2.24, 2.45) is 0 Å². The van der Waals surface area contributed by atoms with Crippen molar-refractivity contribution in [2.45, 2.75) is 17.9 Å². The first-order chi connectivity index (χ1) is 13.0. The molecule has 0 aromatic heterocycles. The van der Waals surface area contributed by atoms with Crippen molar-refractivity contribution in [3.63, 3.8) is 0 Å². The number of benzene rings is 1. The van der Waals surface area contributed by atoms with Crippen LogP contribution in [0.4, 0.5) is 26.3 Å². The topological polar surface area (TPSA) is 96.0 Å². The van der Waals surface area contributed by atoms with Crippen LogP contribution in [0.5, 0.6) is 0 Å². The van der Waals surface area contributed by atoms with Gasteiger partial charge in [0, 0.05) is 0 Å². The Bertz CT molecular complexity index is 955. The first-order valence-corrected chi connectivity index (χ1v) is 13.0. The Hall–Kier alpha value is -1.11. The first kappa shape index (κ1) is 25.9. The summed E-state index contributed by atoms with van der Waals surface area (Å²) in [5, 5.41) is 0. The maximum atomic E-state index is 12.7. The Balaban J connectivity index is 3.52. The number of alkyl halides is 6. The summed E-state index contributed by atoms with van der Waals surface area (Å²) >= 11 is -4.12. The van der Waals surface area contributed by atoms with Crippen LogP contribution in [0.15, 0.2) is 34.1 Å². The zero-order valence-electron chi connectivity index (χ0n) is 14.4. The molecule has 1 rings (SSSR count). The average Bonchev–Trinajstić information content (AvgIpc) is 2.52. The minimum atomic E-state index is -6.18. The van der Waals surface area contributed by atoms with E-state index in [0.29, 0.717) is 4.08 Å². The van der Waals surface area contributed by atoms with Gasteiger partial charge in [0.1, 0.15) is 0 Å². The van der Waals surface area contributed by atoms with Crippen molar-refractivity contribution in [1.82, 2.24) is 0 Å². The molecule has 29 heavy (non-hydrogen) atoms. The van der Waals surface area contributed by atoms with Crippen molar-refractivity contribution in [2.75, 3.05) is 13.7 Å². The molecule has 16 heteroatoms. The fourth-order valence-electron chi connectivity index (χ4n) is 1.51. The quantitative estimate of drug-likeness (QED) is 0.150. The number of ether oxygens (including phenoxy) is 1. The van der Waals surface area contributed by atoms with Crippen LogP contribution in [0.25, 0.3) is 0 Å². The molecule has 168 valence electrons. The van der Waals surface area contributed by atoms with Crippen LogP contribution >= 0.6 is 20.2 Å². The van der Waals surface area contributed by atoms with Gasteiger partial charge in [-0.2, -0.15) is 0 Å². The van der Waals surface area contributed by atoms with E-state index in [-0.39, 0.29) is 9.13 Å². The molecule has 0 bridgehead atoms. The maximum absolute atomic E-state index is 12.7. The Morgan fingerprint density at radius 3 is 1.97 bits per heavy atom. The van der Waals surface area contributed by atoms with Gasteiger partial charge < -0.3 is 0 Å². The van der Waals surface area contributed by atoms with Gasteiger partial charge in [-0.3, -0.25) is 0 Å². The second kappa shape index (κ2) is 9.36. The van der Waals surface area contributed by atoms with E-state index >= 15 is 0 Å². The van der Waals surface area contributed by atoms with E-state index in [9.17, 15) is 43.2 Å². The molecular weight excluding hydrogens is 573 g/mol. The normalized spacial score (nSPS) is 14.6. The van der Waals surface area contributed by atoms with Gasteiger partial charge in [-0.15, -0.1) is 0 Å². The van der Waals surface area contributed by atoms with E-state index in [2.05, 4.69) is 11.4 Å². The predicted octanol–water partition coefficient (Wildman–Crippen LogP) is 3.81. The Kier molecular flexibility index (Phi) is 8.36. The molecule has 1 aromatic carbocycles. The molecule has 0 amide bonds. The van der Waals surface area contributed by atoms with Crippen molar-refractivity contribution in [3.05, 3.63) is 43.2 Å². The number of hydrogen-bond acceptors (Lipinski definition) is 7. The molecule has 0 spiro atoms. The monoisotopic (exact) mass is 586 g/mol. The molecule has 1 aromatic rings. The fourth-order valence-corrected chi connectivity index (χ4v) is 8.40. The molecule has 0 saturated carbocycles. The number of halogens is 7. The molecule has 0 fully saturated rings. The fraction of sp³-hybridized carbons (Fsp3) is 0.385. The van der Waals surface area contributed by atoms with Crippen LogP contribution < -0.4 is 0 Å². The van der Waals surface area contributed by atoms with Crippen LogP contribution in [0.1, 0.15) is 5.56 Å². The molecule has 0 aliphatic heterocycles. The van der Waals surface area contributed by atoms with Crippen LogP contribution in [0.3, 0.4) is 0 Å². The van der Waals surface area contributed by atoms with Gasteiger partial charge in [-0.25, -0.2) is 0 Å². The molecule has 0 atom stereocenters. The predicted molar refractivity (Wildman–Crippen MR) is 96.0 cm³/mol. The molecule has 0 aliphatic carbocycles. The van der Waals surface area contributed by atoms with Crippen LogP contribution in [-0.4, -0.2) is 41.6 Å². The van der Waals surface area contributed by atoms with Crippen LogP contribution in [0, 0.1) is 10.5 Å². The van der Waals surface area contributed by atoms with Gasteiger partial charge in [0.25, 0.3) is 0 Å². The summed E-state index contributed by atoms with van der Waals surface area (Å²) in [7, 11) is -11.4. The molecule has 0 unspecified atom stereocenters. The Labute approximate surface area is 169 Å². The zero-order valence-corrected chi connectivity index (χ0v) is 18.2. The van der Waals surface area contributed by atoms with Crippen molar-refractivity contribution in [3.8, 4) is 0 Å². The summed E-state index contributed by atoms with van der Waals surface area (Å²) in [5.41, 5.74) is -11.4. The summed E-state index contributed by atoms with van der Waals surface area (Å²) < 4.78 is 134. The van der Waals surface area contributed by atoms with E-state index in [4.69, 9.17) is 0 Å². The molecule has 0 radical (unpaired) electrons. The second-order valence-electron chi connectivity index (χ2n) is 4.98. The number of hydrogen-bond donors (Lipinski definition) is 0. The van der Waals surface area contributed by atoms with Crippen molar-refractivity contribution in [1.29, 1.82) is 0 Å². The molecule has 0 N–H and O–H groups in total. The van der Waals surface area contributed by atoms with Crippen LogP contribution in [0.2, 0.25) is 0 Å². The summed E-state index contributed by atoms with van der Waals surface area (Å²) in [5.74, 6) is -1.07. The second-order valence-corrected chi connectivity index (χ2v) is 12.4. The third-order valence-corrected chi connectivity index (χ3v) is 10.8. The standard InChI is InChI=1S/C13H13F6IO7S2/c1-9-5-3-4-6-11(9)20(27-29(23,24)13(17,18)19)7-10(8-25-2)26-28(21,22)12(14,15)16/h3-7H,8H2,1-2H3. The number of aryl methyl sites for hydroxylation is 1. The van der Waals surface area contributed by atoms with Gasteiger partial charge in [0.2, 0.25) is 0 Å². The molecule has 0 heterocycles. The van der Waals surface area contributed by atoms with Gasteiger partial charge in [-0.05, 0) is 0 Å². The van der Waals surface area contributed by atoms with E-state index in [1.165, 1.54) is 31.2 Å². The van der Waals surface area contributed by atoms with E-state index in [1.54, 1.807) is 0 Å². The third kappa shape index (κ3) is 6.97. The van der Waals surface area contributed by atoms with Gasteiger partial charge in [0.15, 0.2) is 0 Å². The SMILES string of the molecule is COCC(=CI(OS(=O)(=O)C(F)(F)F)c1ccccc1C)OS(=O)(=O)C(F)(F)F. The van der Waals surface area contributed by atoms with Gasteiger partial charge in [0.05, 0.1) is 0 Å². The van der Waals surface area contributed by atoms with Crippen LogP contribution in [-0.2, 0) is 31.7 Å². The molecular formula is C13H13F6IO7S2. The summed E-state index contributed by atoms with van der Waals surface area (Å²) in [6.45, 7) is 0.477. The summed E-state index contributed by atoms with van der Waals surface area (Å²) in [6.07, 6.45) is 0. The third-order valence-electron chi connectivity index (χ3n) is 2.72. The number of rotatable bonds is 8. The summed E-state index contributed by atoms with van der Waals surface area (Å²) in [6, 6.07) is 5.38. The molecule has 0 saturated heterocycles.